The van der Waals surface area contributed by atoms with Crippen LogP contribution in [0.15, 0.2) is 29.2 Å². The number of aromatic nitrogens is 4. The summed E-state index contributed by atoms with van der Waals surface area (Å²) in [6.45, 7) is 3.92. The van der Waals surface area contributed by atoms with Gasteiger partial charge in [-0.05, 0) is 36.4 Å². The van der Waals surface area contributed by atoms with Crippen LogP contribution < -0.4 is 15.2 Å². The molecular weight excluding hydrogens is 398 g/mol. The highest BCUT2D eigenvalue weighted by Crippen LogP contribution is 2.14. The normalized spacial score (nSPS) is 16.1. The van der Waals surface area contributed by atoms with Gasteiger partial charge >= 0.3 is 0 Å². The van der Waals surface area contributed by atoms with Gasteiger partial charge in [0.2, 0.25) is 0 Å². The molecule has 0 aliphatic carbocycles. The topological polar surface area (TPSA) is 131 Å². The molecule has 1 saturated heterocycles. The molecule has 1 aromatic heterocycles. The summed E-state index contributed by atoms with van der Waals surface area (Å²) in [5, 5.41) is 12.4. The number of benzene rings is 1. The number of hydrogen-bond acceptors (Lipinski definition) is 8. The third-order valence-corrected chi connectivity index (χ3v) is 5.39. The number of anilines is 1. The van der Waals surface area contributed by atoms with Gasteiger partial charge in [0, 0.05) is 18.1 Å². The number of nitrogens with zero attached hydrogens (tertiary/aromatic N) is 5. The van der Waals surface area contributed by atoms with Gasteiger partial charge in [0.15, 0.2) is 6.04 Å². The second-order valence-electron chi connectivity index (χ2n) is 5.73. The first-order valence-corrected chi connectivity index (χ1v) is 9.92. The number of rotatable bonds is 6. The minimum Gasteiger partial charge on any atom is -0.378 e. The molecule has 1 amide bonds. The van der Waals surface area contributed by atoms with Crippen molar-refractivity contribution in [2.45, 2.75) is 17.9 Å². The molecule has 27 heavy (non-hydrogen) atoms. The Kier molecular flexibility index (Phi) is 5.89. The van der Waals surface area contributed by atoms with E-state index in [0.717, 1.165) is 4.80 Å². The van der Waals surface area contributed by atoms with Crippen LogP contribution in [0.1, 0.15) is 13.0 Å². The number of ether oxygens (including phenoxy) is 1. The van der Waals surface area contributed by atoms with E-state index in [1.54, 1.807) is 0 Å². The number of morpholine rings is 1. The number of sulfonamides is 1. The minimum atomic E-state index is -3.93. The summed E-state index contributed by atoms with van der Waals surface area (Å²) in [6, 6.07) is 4.65. The molecular formula is C14H18ClN7O4S. The third-order valence-electron chi connectivity index (χ3n) is 3.87. The molecule has 0 bridgehead atoms. The Morgan fingerprint density at radius 1 is 1.26 bits per heavy atom. The van der Waals surface area contributed by atoms with Crippen LogP contribution in [-0.4, -0.2) is 60.8 Å². The molecule has 1 aromatic carbocycles. The van der Waals surface area contributed by atoms with Crippen LogP contribution >= 0.6 is 11.6 Å². The van der Waals surface area contributed by atoms with Crippen molar-refractivity contribution in [3.63, 3.8) is 0 Å². The van der Waals surface area contributed by atoms with Gasteiger partial charge in [-0.2, -0.15) is 0 Å². The Morgan fingerprint density at radius 2 is 1.93 bits per heavy atom. The van der Waals surface area contributed by atoms with E-state index < -0.39 is 22.0 Å². The number of amides is 1. The first-order valence-electron chi connectivity index (χ1n) is 8.06. The molecule has 0 unspecified atom stereocenters. The molecule has 2 aromatic rings. The van der Waals surface area contributed by atoms with E-state index in [9.17, 15) is 13.2 Å². The summed E-state index contributed by atoms with van der Waals surface area (Å²) in [4.78, 5) is 17.2. The highest BCUT2D eigenvalue weighted by atomic mass is 35.5. The summed E-state index contributed by atoms with van der Waals surface area (Å²) >= 11 is 5.74. The van der Waals surface area contributed by atoms with Crippen LogP contribution in [0.5, 0.6) is 0 Å². The van der Waals surface area contributed by atoms with Gasteiger partial charge in [-0.3, -0.25) is 10.2 Å². The largest absolute Gasteiger partial charge is 0.378 e. The van der Waals surface area contributed by atoms with Crippen molar-refractivity contribution in [1.82, 2.24) is 30.5 Å². The molecule has 11 nitrogen and oxygen atoms in total. The van der Waals surface area contributed by atoms with E-state index in [4.69, 9.17) is 16.3 Å². The van der Waals surface area contributed by atoms with Crippen LogP contribution in [0.4, 0.5) is 5.95 Å². The van der Waals surface area contributed by atoms with Crippen molar-refractivity contribution >= 4 is 33.5 Å². The first kappa shape index (κ1) is 19.5. The van der Waals surface area contributed by atoms with Crippen LogP contribution in [0.3, 0.4) is 0 Å². The number of hydrazine groups is 1. The van der Waals surface area contributed by atoms with Gasteiger partial charge < -0.3 is 9.64 Å². The molecule has 2 N–H and O–H groups in total. The van der Waals surface area contributed by atoms with E-state index in [0.29, 0.717) is 37.3 Å². The van der Waals surface area contributed by atoms with Crippen LogP contribution in [-0.2, 0) is 19.6 Å². The summed E-state index contributed by atoms with van der Waals surface area (Å²) in [6.07, 6.45) is 0. The van der Waals surface area contributed by atoms with Crippen LogP contribution in [0.25, 0.3) is 0 Å². The fourth-order valence-electron chi connectivity index (χ4n) is 2.27. The molecule has 13 heteroatoms. The van der Waals surface area contributed by atoms with Crippen LogP contribution in [0.2, 0.25) is 5.02 Å². The Morgan fingerprint density at radius 3 is 2.59 bits per heavy atom. The van der Waals surface area contributed by atoms with Crippen molar-refractivity contribution in [3.8, 4) is 0 Å². The molecule has 2 heterocycles. The number of carbonyl (C=O) groups excluding carboxylic acids is 1. The molecule has 1 fully saturated rings. The van der Waals surface area contributed by atoms with Gasteiger partial charge in [0.25, 0.3) is 21.9 Å². The SMILES string of the molecule is C[C@@H](C(=O)NNS(=O)(=O)c1ccc(Cl)cc1)n1nnc(N2CCOCC2)n1. The highest BCUT2D eigenvalue weighted by Gasteiger charge is 2.23. The zero-order chi connectivity index (χ0) is 19.4. The van der Waals surface area contributed by atoms with Crippen molar-refractivity contribution in [2.75, 3.05) is 31.2 Å². The first-order chi connectivity index (χ1) is 12.9. The third kappa shape index (κ3) is 4.71. The van der Waals surface area contributed by atoms with Gasteiger partial charge in [0.05, 0.1) is 18.1 Å². The van der Waals surface area contributed by atoms with E-state index in [2.05, 4.69) is 20.8 Å². The zero-order valence-electron chi connectivity index (χ0n) is 14.4. The lowest BCUT2D eigenvalue weighted by Crippen LogP contribution is -2.44. The summed E-state index contributed by atoms with van der Waals surface area (Å²) < 4.78 is 29.6. The Bertz CT molecular complexity index is 896. The molecule has 0 spiro atoms. The van der Waals surface area contributed by atoms with Gasteiger partial charge in [-0.15, -0.1) is 14.7 Å². The maximum Gasteiger partial charge on any atom is 0.266 e. The smallest absolute Gasteiger partial charge is 0.266 e. The van der Waals surface area contributed by atoms with E-state index in [1.807, 2.05) is 9.73 Å². The van der Waals surface area contributed by atoms with E-state index in [-0.39, 0.29) is 4.90 Å². The van der Waals surface area contributed by atoms with Crippen molar-refractivity contribution < 1.29 is 17.9 Å². The van der Waals surface area contributed by atoms with Crippen LogP contribution in [0, 0.1) is 0 Å². The fourth-order valence-corrected chi connectivity index (χ4v) is 3.24. The number of carbonyl (C=O) groups is 1. The summed E-state index contributed by atoms with van der Waals surface area (Å²) in [5.74, 6) is -0.252. The zero-order valence-corrected chi connectivity index (χ0v) is 15.9. The van der Waals surface area contributed by atoms with E-state index >= 15 is 0 Å². The lowest BCUT2D eigenvalue weighted by Gasteiger charge is -2.24. The molecule has 3 rings (SSSR count). The number of halogens is 1. The van der Waals surface area contributed by atoms with Crippen molar-refractivity contribution in [3.05, 3.63) is 29.3 Å². The lowest BCUT2D eigenvalue weighted by atomic mass is 10.3. The number of hydrogen-bond donors (Lipinski definition) is 2. The predicted octanol–water partition coefficient (Wildman–Crippen LogP) is -0.266. The van der Waals surface area contributed by atoms with Gasteiger partial charge in [-0.25, -0.2) is 8.42 Å². The molecule has 0 saturated carbocycles. The fraction of sp³-hybridized carbons (Fsp3) is 0.429. The lowest BCUT2D eigenvalue weighted by molar-refractivity contribution is -0.124. The van der Waals surface area contributed by atoms with Gasteiger partial charge in [0.1, 0.15) is 0 Å². The standard InChI is InChI=1S/C14H18ClN7O4S/c1-10(22-18-14(17-19-22)21-6-8-26-9-7-21)13(23)16-20-27(24,25)12-4-2-11(15)3-5-12/h2-5,10,20H,6-9H2,1H3,(H,16,23)/t10-/m0/s1. The highest BCUT2D eigenvalue weighted by molar-refractivity contribution is 7.89. The average Bonchev–Trinajstić information content (AvgIpc) is 3.17. The molecule has 1 aliphatic heterocycles. The van der Waals surface area contributed by atoms with E-state index in [1.165, 1.54) is 31.2 Å². The maximum absolute atomic E-state index is 12.2. The minimum absolute atomic E-state index is 0.0339. The number of nitrogens with one attached hydrogen (secondary N) is 2. The second kappa shape index (κ2) is 8.17. The summed E-state index contributed by atoms with van der Waals surface area (Å²) in [5.41, 5.74) is 2.15. The van der Waals surface area contributed by atoms with Gasteiger partial charge in [-0.1, -0.05) is 16.7 Å². The Balaban J connectivity index is 1.60. The van der Waals surface area contributed by atoms with Crippen molar-refractivity contribution in [1.29, 1.82) is 0 Å². The second-order valence-corrected chi connectivity index (χ2v) is 7.85. The monoisotopic (exact) mass is 415 g/mol. The Hall–Kier alpha value is -2.28. The predicted molar refractivity (Wildman–Crippen MR) is 95.5 cm³/mol. The summed E-state index contributed by atoms with van der Waals surface area (Å²) in [7, 11) is -3.93. The quantitative estimate of drug-likeness (QED) is 0.616. The molecule has 1 atom stereocenters. The molecule has 0 radical (unpaired) electrons. The average molecular weight is 416 g/mol. The number of tetrazole rings is 1. The maximum atomic E-state index is 12.2. The molecule has 1 aliphatic rings. The molecule has 146 valence electrons. The van der Waals surface area contributed by atoms with Crippen molar-refractivity contribution in [2.24, 2.45) is 0 Å². The Labute approximate surface area is 160 Å².